The van der Waals surface area contributed by atoms with Crippen LogP contribution in [0.2, 0.25) is 0 Å². The molecule has 3 aromatic heterocycles. The first-order chi connectivity index (χ1) is 14.7. The van der Waals surface area contributed by atoms with Crippen LogP contribution >= 0.6 is 0 Å². The average Bonchev–Trinajstić information content (AvgIpc) is 3.23. The van der Waals surface area contributed by atoms with Crippen molar-refractivity contribution in [1.29, 1.82) is 5.41 Å². The Morgan fingerprint density at radius 3 is 2.77 bits per heavy atom. The fraction of sp³-hybridized carbons (Fsp3) is 0.0952. The van der Waals surface area contributed by atoms with E-state index in [0.717, 1.165) is 17.3 Å². The summed E-state index contributed by atoms with van der Waals surface area (Å²) < 4.78 is 29.0. The van der Waals surface area contributed by atoms with Gasteiger partial charge < -0.3 is 14.9 Å². The van der Waals surface area contributed by atoms with Crippen molar-refractivity contribution in [3.8, 4) is 22.6 Å². The van der Waals surface area contributed by atoms with Gasteiger partial charge in [0.05, 0.1) is 11.9 Å². The summed E-state index contributed by atoms with van der Waals surface area (Å²) in [5, 5.41) is 8.16. The lowest BCUT2D eigenvalue weighted by Gasteiger charge is -2.19. The van der Waals surface area contributed by atoms with Gasteiger partial charge in [0.2, 0.25) is 0 Å². The van der Waals surface area contributed by atoms with Crippen LogP contribution in [-0.2, 0) is 11.0 Å². The second-order valence-electron chi connectivity index (χ2n) is 6.56. The molecule has 0 amide bonds. The molecule has 0 radical (unpaired) electrons. The SMILES string of the molecule is N=Cc1ncc(-c2ccc3c(c2)OCCO3)cc1NS(=O)c1cnc2ccccn12. The molecule has 150 valence electrons. The molecular weight excluding hydrogens is 402 g/mol. The molecule has 1 atom stereocenters. The van der Waals surface area contributed by atoms with Crippen molar-refractivity contribution in [2.45, 2.75) is 5.03 Å². The molecule has 1 unspecified atom stereocenters. The van der Waals surface area contributed by atoms with E-state index in [0.29, 0.717) is 46.8 Å². The molecule has 0 aliphatic carbocycles. The molecule has 0 saturated heterocycles. The number of aromatic nitrogens is 3. The quantitative estimate of drug-likeness (QED) is 0.483. The first-order valence-electron chi connectivity index (χ1n) is 9.24. The summed E-state index contributed by atoms with van der Waals surface area (Å²) in [5.74, 6) is 1.39. The van der Waals surface area contributed by atoms with Gasteiger partial charge in [-0.15, -0.1) is 0 Å². The standard InChI is InChI=1S/C21H17N5O3S/c22-11-17-16(25-30(27)21-13-24-20-3-1-2-6-26(20)21)9-15(12-23-17)14-4-5-18-19(10-14)29-8-7-28-18/h1-6,9-13,22,25H,7-8H2. The van der Waals surface area contributed by atoms with Crippen molar-refractivity contribution in [3.63, 3.8) is 0 Å². The fourth-order valence-electron chi connectivity index (χ4n) is 3.25. The zero-order chi connectivity index (χ0) is 20.5. The summed E-state index contributed by atoms with van der Waals surface area (Å²) in [4.78, 5) is 8.62. The normalized spacial score (nSPS) is 13.7. The molecule has 1 aliphatic rings. The number of hydrogen-bond acceptors (Lipinski definition) is 6. The van der Waals surface area contributed by atoms with E-state index in [2.05, 4.69) is 14.7 Å². The minimum atomic E-state index is -1.59. The van der Waals surface area contributed by atoms with Crippen LogP contribution in [0, 0.1) is 5.41 Å². The molecule has 2 N–H and O–H groups in total. The highest BCUT2D eigenvalue weighted by atomic mass is 32.2. The minimum Gasteiger partial charge on any atom is -0.486 e. The van der Waals surface area contributed by atoms with Gasteiger partial charge in [-0.3, -0.25) is 14.1 Å². The molecule has 0 fully saturated rings. The number of hydrogen-bond donors (Lipinski definition) is 2. The molecule has 0 saturated carbocycles. The molecule has 0 bridgehead atoms. The fourth-order valence-corrected chi connectivity index (χ4v) is 4.20. The second kappa shape index (κ2) is 7.60. The van der Waals surface area contributed by atoms with Gasteiger partial charge in [0.1, 0.15) is 24.6 Å². The molecule has 0 spiro atoms. The van der Waals surface area contributed by atoms with Crippen LogP contribution < -0.4 is 14.2 Å². The molecule has 1 aliphatic heterocycles. The van der Waals surface area contributed by atoms with Crippen LogP contribution in [0.4, 0.5) is 5.69 Å². The Morgan fingerprint density at radius 1 is 1.03 bits per heavy atom. The number of pyridine rings is 2. The van der Waals surface area contributed by atoms with E-state index in [1.165, 1.54) is 0 Å². The van der Waals surface area contributed by atoms with E-state index in [4.69, 9.17) is 14.9 Å². The maximum absolute atomic E-state index is 13.0. The number of nitrogens with zero attached hydrogens (tertiary/aromatic N) is 3. The Bertz CT molecular complexity index is 1290. The van der Waals surface area contributed by atoms with Gasteiger partial charge in [-0.2, -0.15) is 0 Å². The smallest absolute Gasteiger partial charge is 0.169 e. The summed E-state index contributed by atoms with van der Waals surface area (Å²) in [6.07, 6.45) is 6.18. The predicted octanol–water partition coefficient (Wildman–Crippen LogP) is 3.30. The molecule has 4 aromatic rings. The van der Waals surface area contributed by atoms with Gasteiger partial charge in [-0.25, -0.2) is 9.19 Å². The lowest BCUT2D eigenvalue weighted by molar-refractivity contribution is 0.171. The topological polar surface area (TPSA) is 102 Å². The van der Waals surface area contributed by atoms with Crippen molar-refractivity contribution < 1.29 is 13.7 Å². The first-order valence-corrected chi connectivity index (χ1v) is 10.4. The van der Waals surface area contributed by atoms with Crippen molar-refractivity contribution >= 4 is 28.5 Å². The number of ether oxygens (including phenoxy) is 2. The Labute approximate surface area is 174 Å². The zero-order valence-corrected chi connectivity index (χ0v) is 16.6. The number of anilines is 1. The van der Waals surface area contributed by atoms with Crippen LogP contribution in [-0.4, -0.2) is 38.0 Å². The van der Waals surface area contributed by atoms with Crippen LogP contribution in [0.3, 0.4) is 0 Å². The number of nitrogens with one attached hydrogen (secondary N) is 2. The van der Waals surface area contributed by atoms with Crippen LogP contribution in [0.5, 0.6) is 11.5 Å². The van der Waals surface area contributed by atoms with Gasteiger partial charge in [-0.1, -0.05) is 12.1 Å². The monoisotopic (exact) mass is 419 g/mol. The number of fused-ring (bicyclic) bond motifs is 2. The molecule has 9 heteroatoms. The number of rotatable bonds is 5. The van der Waals surface area contributed by atoms with Gasteiger partial charge in [-0.05, 0) is 35.9 Å². The van der Waals surface area contributed by atoms with Gasteiger partial charge in [0, 0.05) is 24.2 Å². The van der Waals surface area contributed by atoms with E-state index >= 15 is 0 Å². The maximum Gasteiger partial charge on any atom is 0.169 e. The van der Waals surface area contributed by atoms with Crippen LogP contribution in [0.1, 0.15) is 5.69 Å². The molecular formula is C21H17N5O3S. The van der Waals surface area contributed by atoms with Gasteiger partial charge in [0.15, 0.2) is 27.5 Å². The number of benzene rings is 1. The highest BCUT2D eigenvalue weighted by Gasteiger charge is 2.16. The van der Waals surface area contributed by atoms with E-state index in [9.17, 15) is 4.21 Å². The Morgan fingerprint density at radius 2 is 1.90 bits per heavy atom. The Balaban J connectivity index is 1.49. The molecule has 30 heavy (non-hydrogen) atoms. The third kappa shape index (κ3) is 3.29. The van der Waals surface area contributed by atoms with Crippen molar-refractivity contribution in [1.82, 2.24) is 14.4 Å². The van der Waals surface area contributed by atoms with Crippen molar-refractivity contribution in [2.24, 2.45) is 0 Å². The summed E-state index contributed by atoms with van der Waals surface area (Å²) in [7, 11) is -1.59. The zero-order valence-electron chi connectivity index (χ0n) is 15.7. The Kier molecular flexibility index (Phi) is 4.64. The predicted molar refractivity (Wildman–Crippen MR) is 114 cm³/mol. The van der Waals surface area contributed by atoms with Crippen molar-refractivity contribution in [3.05, 3.63) is 66.7 Å². The third-order valence-electron chi connectivity index (χ3n) is 4.71. The van der Waals surface area contributed by atoms with Crippen molar-refractivity contribution in [2.75, 3.05) is 17.9 Å². The molecule has 8 nitrogen and oxygen atoms in total. The lowest BCUT2D eigenvalue weighted by atomic mass is 10.1. The largest absolute Gasteiger partial charge is 0.486 e. The summed E-state index contributed by atoms with van der Waals surface area (Å²) in [5.41, 5.74) is 3.26. The minimum absolute atomic E-state index is 0.387. The van der Waals surface area contributed by atoms with E-state index < -0.39 is 11.0 Å². The summed E-state index contributed by atoms with van der Waals surface area (Å²) >= 11 is 0. The van der Waals surface area contributed by atoms with Gasteiger partial charge >= 0.3 is 0 Å². The van der Waals surface area contributed by atoms with Gasteiger partial charge in [0.25, 0.3) is 0 Å². The van der Waals surface area contributed by atoms with Crippen LogP contribution in [0.25, 0.3) is 16.8 Å². The highest BCUT2D eigenvalue weighted by molar-refractivity contribution is 7.86. The molecule has 4 heterocycles. The highest BCUT2D eigenvalue weighted by Crippen LogP contribution is 2.35. The summed E-state index contributed by atoms with van der Waals surface area (Å²) in [6, 6.07) is 13.0. The maximum atomic E-state index is 13.0. The molecule has 1 aromatic carbocycles. The first kappa shape index (κ1) is 18.3. The van der Waals surface area contributed by atoms with E-state index in [-0.39, 0.29) is 0 Å². The lowest BCUT2D eigenvalue weighted by Crippen LogP contribution is -2.15. The Hall–Kier alpha value is -3.72. The summed E-state index contributed by atoms with van der Waals surface area (Å²) in [6.45, 7) is 1.04. The average molecular weight is 419 g/mol. The van der Waals surface area contributed by atoms with Crippen LogP contribution in [0.15, 0.2) is 66.1 Å². The van der Waals surface area contributed by atoms with E-state index in [1.54, 1.807) is 23.0 Å². The third-order valence-corrected chi connectivity index (χ3v) is 5.79. The molecule has 5 rings (SSSR count). The number of imidazole rings is 1. The second-order valence-corrected chi connectivity index (χ2v) is 7.72. The van der Waals surface area contributed by atoms with E-state index in [1.807, 2.05) is 42.5 Å².